The largest absolute Gasteiger partial charge is 0.477 e. The van der Waals surface area contributed by atoms with Gasteiger partial charge < -0.3 is 19.6 Å². The Morgan fingerprint density at radius 2 is 1.82 bits per heavy atom. The van der Waals surface area contributed by atoms with Crippen molar-refractivity contribution in [3.63, 3.8) is 0 Å². The molecule has 3 fully saturated rings. The standard InChI is InChI=1S/C28H33F4N3O3/c29-24-14-20(2-4-23(24)26(37)35-13-8-22(36)16-35)21-3-5-25(33-15-21)38-17-19-6-11-34(12-7-19)18-27(9-1-10-27)28(30,31)32/h2-5,14-15,19,22,36H,1,6-13,16-18H2/t22-/m0/s1. The lowest BCUT2D eigenvalue weighted by Crippen LogP contribution is -2.53. The Hall–Kier alpha value is -2.72. The summed E-state index contributed by atoms with van der Waals surface area (Å²) in [6, 6.07) is 7.90. The quantitative estimate of drug-likeness (QED) is 0.510. The number of benzene rings is 1. The number of alkyl halides is 3. The molecule has 1 atom stereocenters. The predicted octanol–water partition coefficient (Wildman–Crippen LogP) is 4.92. The van der Waals surface area contributed by atoms with E-state index in [-0.39, 0.29) is 37.4 Å². The van der Waals surface area contributed by atoms with Crippen LogP contribution in [-0.2, 0) is 0 Å². The zero-order valence-corrected chi connectivity index (χ0v) is 21.2. The number of halogens is 4. The van der Waals surface area contributed by atoms with Crippen molar-refractivity contribution in [2.75, 3.05) is 39.3 Å². The molecule has 1 aromatic heterocycles. The lowest BCUT2D eigenvalue weighted by atomic mass is 9.67. The molecular formula is C28H33F4N3O3. The van der Waals surface area contributed by atoms with Gasteiger partial charge in [-0.2, -0.15) is 13.2 Å². The molecule has 2 saturated heterocycles. The molecule has 2 aliphatic heterocycles. The Labute approximate surface area is 219 Å². The highest BCUT2D eigenvalue weighted by atomic mass is 19.4. The number of β-amino-alcohol motifs (C(OH)–C–C–N with tert-alkyl or cyclic N) is 1. The third-order valence-electron chi connectivity index (χ3n) is 8.33. The van der Waals surface area contributed by atoms with E-state index in [9.17, 15) is 27.5 Å². The summed E-state index contributed by atoms with van der Waals surface area (Å²) in [6.07, 6.45) is 0.0718. The number of nitrogens with zero attached hydrogens (tertiary/aromatic N) is 3. The number of hydrogen-bond acceptors (Lipinski definition) is 5. The van der Waals surface area contributed by atoms with Crippen molar-refractivity contribution in [1.82, 2.24) is 14.8 Å². The topological polar surface area (TPSA) is 65.9 Å². The fourth-order valence-electron chi connectivity index (χ4n) is 5.68. The number of rotatable bonds is 7. The molecule has 0 radical (unpaired) electrons. The molecule has 3 heterocycles. The highest BCUT2D eigenvalue weighted by molar-refractivity contribution is 5.95. The van der Waals surface area contributed by atoms with Crippen LogP contribution >= 0.6 is 0 Å². The van der Waals surface area contributed by atoms with Crippen LogP contribution in [0.1, 0.15) is 48.9 Å². The fraction of sp³-hybridized carbons (Fsp3) is 0.571. The zero-order chi connectivity index (χ0) is 26.9. The fourth-order valence-corrected chi connectivity index (χ4v) is 5.68. The predicted molar refractivity (Wildman–Crippen MR) is 133 cm³/mol. The van der Waals surface area contributed by atoms with E-state index < -0.39 is 29.4 Å². The maximum Gasteiger partial charge on any atom is 0.395 e. The third kappa shape index (κ3) is 5.66. The Kier molecular flexibility index (Phi) is 7.64. The van der Waals surface area contributed by atoms with E-state index in [0.29, 0.717) is 56.1 Å². The molecule has 3 aliphatic rings. The van der Waals surface area contributed by atoms with Crippen LogP contribution in [0.25, 0.3) is 11.1 Å². The number of piperidine rings is 1. The van der Waals surface area contributed by atoms with E-state index in [2.05, 4.69) is 4.98 Å². The van der Waals surface area contributed by atoms with Crippen molar-refractivity contribution in [3.05, 3.63) is 47.9 Å². The van der Waals surface area contributed by atoms with Crippen LogP contribution in [0.2, 0.25) is 0 Å². The second-order valence-corrected chi connectivity index (χ2v) is 10.9. The van der Waals surface area contributed by atoms with E-state index in [1.165, 1.54) is 17.0 Å². The van der Waals surface area contributed by atoms with Gasteiger partial charge in [0, 0.05) is 37.5 Å². The normalized spacial score (nSPS) is 22.3. The molecule has 0 bridgehead atoms. The van der Waals surface area contributed by atoms with E-state index >= 15 is 0 Å². The SMILES string of the molecule is O=C(c1ccc(-c2ccc(OCC3CCN(CC4(C(F)(F)F)CCC4)CC3)nc2)cc1F)N1CC[C@H](O)C1. The van der Waals surface area contributed by atoms with Crippen LogP contribution in [0.5, 0.6) is 5.88 Å². The van der Waals surface area contributed by atoms with Crippen molar-refractivity contribution in [3.8, 4) is 17.0 Å². The minimum atomic E-state index is -4.13. The number of pyridine rings is 1. The van der Waals surface area contributed by atoms with E-state index in [4.69, 9.17) is 4.74 Å². The number of aliphatic hydroxyl groups is 1. The minimum absolute atomic E-state index is 0.0249. The lowest BCUT2D eigenvalue weighted by Gasteiger charge is -2.47. The van der Waals surface area contributed by atoms with Crippen LogP contribution in [0.15, 0.2) is 36.5 Å². The molecule has 38 heavy (non-hydrogen) atoms. The summed E-state index contributed by atoms with van der Waals surface area (Å²) < 4.78 is 61.0. The zero-order valence-electron chi connectivity index (χ0n) is 21.2. The Bertz CT molecular complexity index is 1130. The second-order valence-electron chi connectivity index (χ2n) is 10.9. The van der Waals surface area contributed by atoms with Gasteiger partial charge >= 0.3 is 6.18 Å². The molecule has 1 aliphatic carbocycles. The monoisotopic (exact) mass is 535 g/mol. The summed E-state index contributed by atoms with van der Waals surface area (Å²) in [4.78, 5) is 20.3. The van der Waals surface area contributed by atoms with Gasteiger partial charge in [0.1, 0.15) is 5.82 Å². The number of carbonyl (C=O) groups is 1. The first-order valence-electron chi connectivity index (χ1n) is 13.3. The lowest BCUT2D eigenvalue weighted by molar-refractivity contribution is -0.256. The van der Waals surface area contributed by atoms with Gasteiger partial charge in [0.25, 0.3) is 5.91 Å². The van der Waals surface area contributed by atoms with Gasteiger partial charge in [-0.3, -0.25) is 4.79 Å². The molecule has 206 valence electrons. The molecule has 6 nitrogen and oxygen atoms in total. The molecule has 2 aromatic rings. The molecule has 1 saturated carbocycles. The van der Waals surface area contributed by atoms with Gasteiger partial charge in [0.2, 0.25) is 5.88 Å². The number of ether oxygens (including phenoxy) is 1. The number of aromatic nitrogens is 1. The third-order valence-corrected chi connectivity index (χ3v) is 8.33. The first-order valence-corrected chi connectivity index (χ1v) is 13.3. The maximum absolute atomic E-state index is 14.7. The molecule has 5 rings (SSSR count). The molecule has 0 unspecified atom stereocenters. The maximum atomic E-state index is 14.7. The van der Waals surface area contributed by atoms with Crippen molar-refractivity contribution in [1.29, 1.82) is 0 Å². The van der Waals surface area contributed by atoms with Gasteiger partial charge in [-0.15, -0.1) is 0 Å². The number of amides is 1. The Balaban J connectivity index is 1.11. The highest BCUT2D eigenvalue weighted by Crippen LogP contribution is 2.53. The van der Waals surface area contributed by atoms with Crippen LogP contribution in [0.3, 0.4) is 0 Å². The number of hydrogen-bond donors (Lipinski definition) is 1. The summed E-state index contributed by atoms with van der Waals surface area (Å²) >= 11 is 0. The average Bonchev–Trinajstić information content (AvgIpc) is 3.31. The van der Waals surface area contributed by atoms with Crippen molar-refractivity contribution >= 4 is 5.91 Å². The molecular weight excluding hydrogens is 502 g/mol. The summed E-state index contributed by atoms with van der Waals surface area (Å²) in [6.45, 7) is 2.44. The first kappa shape index (κ1) is 26.9. The van der Waals surface area contributed by atoms with Crippen molar-refractivity contribution in [2.24, 2.45) is 11.3 Å². The van der Waals surface area contributed by atoms with Gasteiger partial charge in [0.15, 0.2) is 0 Å². The average molecular weight is 536 g/mol. The Morgan fingerprint density at radius 3 is 2.37 bits per heavy atom. The summed E-state index contributed by atoms with van der Waals surface area (Å²) in [5.74, 6) is -0.367. The van der Waals surface area contributed by atoms with Gasteiger partial charge in [-0.05, 0) is 74.9 Å². The summed E-state index contributed by atoms with van der Waals surface area (Å²) in [5.41, 5.74) is -0.286. The van der Waals surface area contributed by atoms with Gasteiger partial charge in [-0.25, -0.2) is 9.37 Å². The number of aliphatic hydroxyl groups excluding tert-OH is 1. The summed E-state index contributed by atoms with van der Waals surface area (Å²) in [5, 5.41) is 9.63. The van der Waals surface area contributed by atoms with E-state index in [1.807, 2.05) is 4.90 Å². The summed E-state index contributed by atoms with van der Waals surface area (Å²) in [7, 11) is 0. The smallest absolute Gasteiger partial charge is 0.395 e. The molecule has 1 amide bonds. The van der Waals surface area contributed by atoms with Crippen LogP contribution in [-0.4, -0.2) is 77.4 Å². The van der Waals surface area contributed by atoms with E-state index in [0.717, 1.165) is 12.8 Å². The molecule has 0 spiro atoms. The van der Waals surface area contributed by atoms with Gasteiger partial charge in [0.05, 0.1) is 23.7 Å². The molecule has 1 N–H and O–H groups in total. The highest BCUT2D eigenvalue weighted by Gasteiger charge is 2.58. The first-order chi connectivity index (χ1) is 18.1. The van der Waals surface area contributed by atoms with Crippen LogP contribution in [0, 0.1) is 17.2 Å². The Morgan fingerprint density at radius 1 is 1.08 bits per heavy atom. The van der Waals surface area contributed by atoms with Crippen LogP contribution < -0.4 is 4.74 Å². The van der Waals surface area contributed by atoms with Crippen molar-refractivity contribution in [2.45, 2.75) is 50.8 Å². The van der Waals surface area contributed by atoms with Crippen LogP contribution in [0.4, 0.5) is 17.6 Å². The van der Waals surface area contributed by atoms with Crippen molar-refractivity contribution < 1.29 is 32.2 Å². The molecule has 10 heteroatoms. The number of carbonyl (C=O) groups excluding carboxylic acids is 1. The van der Waals surface area contributed by atoms with Gasteiger partial charge in [-0.1, -0.05) is 12.5 Å². The second kappa shape index (κ2) is 10.8. The minimum Gasteiger partial charge on any atom is -0.477 e. The van der Waals surface area contributed by atoms with E-state index in [1.54, 1.807) is 24.4 Å². The number of likely N-dealkylation sites (tertiary alicyclic amines) is 2. The molecule has 1 aromatic carbocycles.